The maximum Gasteiger partial charge on any atom is 0.282 e. The number of fused-ring (bicyclic) bond motifs is 2. The van der Waals surface area contributed by atoms with Gasteiger partial charge in [0.15, 0.2) is 5.76 Å². The number of nitrogens with zero attached hydrogens (tertiary/aromatic N) is 3. The Labute approximate surface area is 232 Å². The van der Waals surface area contributed by atoms with Gasteiger partial charge in [0.05, 0.1) is 29.6 Å². The smallest absolute Gasteiger partial charge is 0.282 e. The van der Waals surface area contributed by atoms with E-state index in [0.717, 1.165) is 15.4 Å². The minimum atomic E-state index is -0.318. The second-order valence-corrected chi connectivity index (χ2v) is 9.67. The fourth-order valence-corrected chi connectivity index (χ4v) is 4.70. The molecule has 0 saturated carbocycles. The van der Waals surface area contributed by atoms with Crippen molar-refractivity contribution in [3.05, 3.63) is 123 Å². The summed E-state index contributed by atoms with van der Waals surface area (Å²) in [5.41, 5.74) is 2.58. The second-order valence-electron chi connectivity index (χ2n) is 8.75. The van der Waals surface area contributed by atoms with E-state index in [1.165, 1.54) is 4.68 Å². The van der Waals surface area contributed by atoms with Crippen molar-refractivity contribution < 1.29 is 13.9 Å². The molecule has 4 aromatic carbocycles. The normalized spacial score (nSPS) is 11.4. The van der Waals surface area contributed by atoms with Gasteiger partial charge >= 0.3 is 0 Å². The van der Waals surface area contributed by atoms with Gasteiger partial charge in [-0.2, -0.15) is 9.78 Å². The van der Waals surface area contributed by atoms with E-state index >= 15 is 0 Å². The molecule has 6 rings (SSSR count). The minimum absolute atomic E-state index is 0.273. The summed E-state index contributed by atoms with van der Waals surface area (Å²) in [6.07, 6.45) is 1.59. The highest BCUT2D eigenvalue weighted by molar-refractivity contribution is 9.10. The number of aromatic nitrogens is 2. The molecule has 0 bridgehead atoms. The van der Waals surface area contributed by atoms with E-state index in [0.29, 0.717) is 45.9 Å². The number of rotatable bonds is 7. The van der Waals surface area contributed by atoms with E-state index in [1.807, 2.05) is 78.9 Å². The lowest BCUT2D eigenvalue weighted by Crippen LogP contribution is -2.20. The zero-order chi connectivity index (χ0) is 26.8. The van der Waals surface area contributed by atoms with Crippen molar-refractivity contribution in [2.45, 2.75) is 6.61 Å². The number of methoxy groups -OCH3 is 1. The van der Waals surface area contributed by atoms with Crippen molar-refractivity contribution in [2.75, 3.05) is 7.11 Å². The quantitative estimate of drug-likeness (QED) is 0.189. The first-order valence-corrected chi connectivity index (χ1v) is 13.0. The Balaban J connectivity index is 1.46. The Hall–Kier alpha value is -4.69. The third-order valence-electron chi connectivity index (χ3n) is 6.24. The first-order chi connectivity index (χ1) is 19.1. The number of furan rings is 1. The molecule has 39 heavy (non-hydrogen) atoms. The first-order valence-electron chi connectivity index (χ1n) is 12.2. The fraction of sp³-hybridized carbons (Fsp3) is 0.0645. The van der Waals surface area contributed by atoms with Crippen LogP contribution in [0.15, 0.2) is 116 Å². The molecule has 0 amide bonds. The van der Waals surface area contributed by atoms with Crippen molar-refractivity contribution in [3.8, 4) is 23.1 Å². The number of halogens is 1. The van der Waals surface area contributed by atoms with E-state index in [1.54, 1.807) is 31.5 Å². The van der Waals surface area contributed by atoms with Gasteiger partial charge in [0, 0.05) is 10.0 Å². The summed E-state index contributed by atoms with van der Waals surface area (Å²) in [4.78, 5) is 18.4. The molecule has 0 fully saturated rings. The lowest BCUT2D eigenvalue weighted by atomic mass is 10.2. The Bertz CT molecular complexity index is 1890. The molecule has 2 heterocycles. The molecule has 6 aromatic rings. The summed E-state index contributed by atoms with van der Waals surface area (Å²) in [6, 6.07) is 30.1. The van der Waals surface area contributed by atoms with Gasteiger partial charge in [-0.25, -0.2) is 4.98 Å². The van der Waals surface area contributed by atoms with Crippen LogP contribution in [0.5, 0.6) is 11.5 Å². The second kappa shape index (κ2) is 10.6. The van der Waals surface area contributed by atoms with Gasteiger partial charge in [0.25, 0.3) is 5.56 Å². The fourth-order valence-electron chi connectivity index (χ4n) is 4.32. The summed E-state index contributed by atoms with van der Waals surface area (Å²) in [5, 5.41) is 5.82. The van der Waals surface area contributed by atoms with Crippen molar-refractivity contribution in [3.63, 3.8) is 0 Å². The molecule has 0 aliphatic carbocycles. The molecule has 0 radical (unpaired) electrons. The number of para-hydroxylation sites is 1. The van der Waals surface area contributed by atoms with Crippen LogP contribution in [0.2, 0.25) is 0 Å². The highest BCUT2D eigenvalue weighted by Crippen LogP contribution is 2.33. The summed E-state index contributed by atoms with van der Waals surface area (Å²) < 4.78 is 19.8. The predicted octanol–water partition coefficient (Wildman–Crippen LogP) is 7.04. The third kappa shape index (κ3) is 4.94. The van der Waals surface area contributed by atoms with Crippen molar-refractivity contribution in [1.82, 2.24) is 9.66 Å². The average molecular weight is 580 g/mol. The van der Waals surface area contributed by atoms with Crippen LogP contribution in [0, 0.1) is 0 Å². The predicted molar refractivity (Wildman–Crippen MR) is 156 cm³/mol. The highest BCUT2D eigenvalue weighted by Gasteiger charge is 2.18. The standard InChI is InChI=1S/C31H22BrN3O4/c1-37-27-12-7-13-28-24(27)17-29(39-28)30-34-25-11-6-5-10-23(25)31(36)35(30)33-18-21-16-22(32)14-15-26(21)38-19-20-8-3-2-4-9-20/h2-18H,19H2,1H3. The zero-order valence-electron chi connectivity index (χ0n) is 20.9. The number of hydrogen-bond acceptors (Lipinski definition) is 6. The molecule has 7 nitrogen and oxygen atoms in total. The lowest BCUT2D eigenvalue weighted by Gasteiger charge is -2.10. The largest absolute Gasteiger partial charge is 0.496 e. The van der Waals surface area contributed by atoms with Crippen LogP contribution >= 0.6 is 15.9 Å². The Morgan fingerprint density at radius 2 is 1.74 bits per heavy atom. The number of ether oxygens (including phenoxy) is 2. The van der Waals surface area contributed by atoms with Crippen LogP contribution in [0.25, 0.3) is 33.5 Å². The molecular formula is C31H22BrN3O4. The van der Waals surface area contributed by atoms with Crippen LogP contribution in [-0.2, 0) is 6.61 Å². The van der Waals surface area contributed by atoms with E-state index in [-0.39, 0.29) is 11.4 Å². The molecule has 8 heteroatoms. The van der Waals surface area contributed by atoms with Gasteiger partial charge in [0.1, 0.15) is 23.7 Å². The summed E-state index contributed by atoms with van der Waals surface area (Å²) >= 11 is 3.52. The molecule has 0 unspecified atom stereocenters. The Kier molecular flexibility index (Phi) is 6.69. The van der Waals surface area contributed by atoms with Crippen LogP contribution in [0.1, 0.15) is 11.1 Å². The zero-order valence-corrected chi connectivity index (χ0v) is 22.5. The third-order valence-corrected chi connectivity index (χ3v) is 6.73. The summed E-state index contributed by atoms with van der Waals surface area (Å²) in [5.74, 6) is 1.96. The van der Waals surface area contributed by atoms with Crippen molar-refractivity contribution >= 4 is 44.0 Å². The molecule has 0 aliphatic heterocycles. The van der Waals surface area contributed by atoms with Gasteiger partial charge < -0.3 is 13.9 Å². The maximum absolute atomic E-state index is 13.6. The SMILES string of the molecule is COc1cccc2oc(-c3nc4ccccc4c(=O)n3N=Cc3cc(Br)ccc3OCc3ccccc3)cc12. The van der Waals surface area contributed by atoms with Gasteiger partial charge in [-0.05, 0) is 54.1 Å². The highest BCUT2D eigenvalue weighted by atomic mass is 79.9. The van der Waals surface area contributed by atoms with Crippen molar-refractivity contribution in [1.29, 1.82) is 0 Å². The molecule has 0 aliphatic rings. The molecule has 2 aromatic heterocycles. The topological polar surface area (TPSA) is 78.9 Å². The van der Waals surface area contributed by atoms with Gasteiger partial charge in [-0.1, -0.05) is 64.5 Å². The Morgan fingerprint density at radius 3 is 2.59 bits per heavy atom. The summed E-state index contributed by atoms with van der Waals surface area (Å²) in [6.45, 7) is 0.396. The van der Waals surface area contributed by atoms with Gasteiger partial charge in [-0.3, -0.25) is 4.79 Å². The van der Waals surface area contributed by atoms with Crippen LogP contribution in [0.4, 0.5) is 0 Å². The van der Waals surface area contributed by atoms with E-state index in [9.17, 15) is 4.79 Å². The van der Waals surface area contributed by atoms with E-state index in [2.05, 4.69) is 21.0 Å². The van der Waals surface area contributed by atoms with Crippen LogP contribution < -0.4 is 15.0 Å². The molecular weight excluding hydrogens is 558 g/mol. The van der Waals surface area contributed by atoms with E-state index < -0.39 is 0 Å². The molecule has 0 spiro atoms. The van der Waals surface area contributed by atoms with Gasteiger partial charge in [0.2, 0.25) is 5.82 Å². The first kappa shape index (κ1) is 24.6. The number of hydrogen-bond donors (Lipinski definition) is 0. The minimum Gasteiger partial charge on any atom is -0.496 e. The molecule has 0 saturated heterocycles. The van der Waals surface area contributed by atoms with Crippen LogP contribution in [0.3, 0.4) is 0 Å². The van der Waals surface area contributed by atoms with Crippen molar-refractivity contribution in [2.24, 2.45) is 5.10 Å². The Morgan fingerprint density at radius 1 is 0.923 bits per heavy atom. The monoisotopic (exact) mass is 579 g/mol. The summed E-state index contributed by atoms with van der Waals surface area (Å²) in [7, 11) is 1.60. The van der Waals surface area contributed by atoms with Crippen LogP contribution in [-0.4, -0.2) is 23.0 Å². The lowest BCUT2D eigenvalue weighted by molar-refractivity contribution is 0.305. The van der Waals surface area contributed by atoms with Gasteiger partial charge in [-0.15, -0.1) is 0 Å². The van der Waals surface area contributed by atoms with E-state index in [4.69, 9.17) is 18.9 Å². The molecule has 192 valence electrons. The molecule has 0 atom stereocenters. The average Bonchev–Trinajstić information content (AvgIpc) is 3.41. The maximum atomic E-state index is 13.6. The molecule has 0 N–H and O–H groups in total. The number of benzene rings is 4.